The predicted molar refractivity (Wildman–Crippen MR) is 142 cm³/mol. The van der Waals surface area contributed by atoms with Crippen LogP contribution >= 0.6 is 11.6 Å². The monoisotopic (exact) mass is 508 g/mol. The summed E-state index contributed by atoms with van der Waals surface area (Å²) in [7, 11) is 1.62. The quantitative estimate of drug-likeness (QED) is 0.324. The maximum Gasteiger partial charge on any atom is 0.338 e. The molecular formula is C29H33ClN2O4. The summed E-state index contributed by atoms with van der Waals surface area (Å²) < 4.78 is 17.5. The standard InChI is InChI=1S/C29H33ClN2O4/c1-29(2,3)36-28(33)19-9-7-11-21(15-19)32-27(20-10-8-14-31-18-20)23-16-26(25(34-4)17-24(23)30)35-22-12-5-6-13-22/h7-11,14-18,22,27,32H,5-6,12-13H2,1-4H3. The molecule has 0 radical (unpaired) electrons. The summed E-state index contributed by atoms with van der Waals surface area (Å²) in [5, 5.41) is 4.08. The van der Waals surface area contributed by atoms with Crippen LogP contribution < -0.4 is 14.8 Å². The van der Waals surface area contributed by atoms with E-state index in [9.17, 15) is 4.79 Å². The first kappa shape index (κ1) is 25.8. The number of halogens is 1. The second kappa shape index (κ2) is 11.2. The third-order valence-electron chi connectivity index (χ3n) is 6.02. The lowest BCUT2D eigenvalue weighted by Crippen LogP contribution is -2.24. The van der Waals surface area contributed by atoms with E-state index in [0.717, 1.165) is 29.7 Å². The van der Waals surface area contributed by atoms with Crippen LogP contribution in [0.2, 0.25) is 5.02 Å². The number of methoxy groups -OCH3 is 1. The fraction of sp³-hybridized carbons (Fsp3) is 0.379. The van der Waals surface area contributed by atoms with E-state index in [1.165, 1.54) is 12.8 Å². The fourth-order valence-electron chi connectivity index (χ4n) is 4.34. The molecule has 190 valence electrons. The SMILES string of the molecule is COc1cc(Cl)c(C(Nc2cccc(C(=O)OC(C)(C)C)c2)c2cccnc2)cc1OC1CCCC1. The fourth-order valence-corrected chi connectivity index (χ4v) is 4.60. The number of ether oxygens (including phenoxy) is 3. The van der Waals surface area contributed by atoms with Crippen LogP contribution in [0.3, 0.4) is 0 Å². The van der Waals surface area contributed by atoms with E-state index in [1.54, 1.807) is 37.7 Å². The summed E-state index contributed by atoms with van der Waals surface area (Å²) in [6, 6.07) is 14.5. The van der Waals surface area contributed by atoms with Gasteiger partial charge in [-0.3, -0.25) is 4.98 Å². The molecule has 0 saturated heterocycles. The number of anilines is 1. The average molecular weight is 509 g/mol. The molecule has 1 aromatic heterocycles. The van der Waals surface area contributed by atoms with Crippen molar-refractivity contribution in [3.63, 3.8) is 0 Å². The lowest BCUT2D eigenvalue weighted by atomic mass is 9.98. The Kier molecular flexibility index (Phi) is 8.04. The van der Waals surface area contributed by atoms with Gasteiger partial charge in [0.25, 0.3) is 0 Å². The minimum absolute atomic E-state index is 0.170. The highest BCUT2D eigenvalue weighted by Crippen LogP contribution is 2.40. The van der Waals surface area contributed by atoms with Gasteiger partial charge in [0.1, 0.15) is 5.60 Å². The van der Waals surface area contributed by atoms with E-state index >= 15 is 0 Å². The van der Waals surface area contributed by atoms with Crippen LogP contribution in [0, 0.1) is 0 Å². The molecule has 1 atom stereocenters. The summed E-state index contributed by atoms with van der Waals surface area (Å²) >= 11 is 6.79. The first-order valence-corrected chi connectivity index (χ1v) is 12.7. The first-order chi connectivity index (χ1) is 17.2. The van der Waals surface area contributed by atoms with Crippen molar-refractivity contribution in [2.24, 2.45) is 0 Å². The third kappa shape index (κ3) is 6.49. The van der Waals surface area contributed by atoms with E-state index in [-0.39, 0.29) is 18.1 Å². The number of hydrogen-bond donors (Lipinski definition) is 1. The molecule has 1 N–H and O–H groups in total. The van der Waals surface area contributed by atoms with Crippen molar-refractivity contribution in [3.8, 4) is 11.5 Å². The Morgan fingerprint density at radius 3 is 2.53 bits per heavy atom. The molecule has 1 fully saturated rings. The number of carbonyl (C=O) groups is 1. The molecule has 1 aliphatic carbocycles. The van der Waals surface area contributed by atoms with Gasteiger partial charge in [-0.05, 0) is 82.3 Å². The topological polar surface area (TPSA) is 69.7 Å². The van der Waals surface area contributed by atoms with Gasteiger partial charge in [-0.1, -0.05) is 23.7 Å². The number of rotatable bonds is 8. The maximum atomic E-state index is 12.7. The number of carbonyl (C=O) groups excluding carboxylic acids is 1. The number of pyridine rings is 1. The van der Waals surface area contributed by atoms with Crippen LogP contribution in [0.25, 0.3) is 0 Å². The normalized spacial score (nSPS) is 14.8. The van der Waals surface area contributed by atoms with Crippen molar-refractivity contribution in [2.45, 2.75) is 64.2 Å². The van der Waals surface area contributed by atoms with Crippen LogP contribution in [0.5, 0.6) is 11.5 Å². The van der Waals surface area contributed by atoms with Gasteiger partial charge in [-0.2, -0.15) is 0 Å². The van der Waals surface area contributed by atoms with Crippen LogP contribution in [0.15, 0.2) is 60.9 Å². The van der Waals surface area contributed by atoms with Crippen LogP contribution in [-0.4, -0.2) is 29.8 Å². The summed E-state index contributed by atoms with van der Waals surface area (Å²) in [5.41, 5.74) is 2.37. The lowest BCUT2D eigenvalue weighted by molar-refractivity contribution is 0.00695. The molecule has 1 saturated carbocycles. The molecule has 4 rings (SSSR count). The zero-order valence-corrected chi connectivity index (χ0v) is 22.0. The Labute approximate surface area is 217 Å². The Hall–Kier alpha value is -3.25. The summed E-state index contributed by atoms with van der Waals surface area (Å²) in [6.45, 7) is 5.55. The van der Waals surface area contributed by atoms with Crippen LogP contribution in [0.1, 0.15) is 74.0 Å². The summed E-state index contributed by atoms with van der Waals surface area (Å²) in [5.74, 6) is 0.897. The molecule has 6 nitrogen and oxygen atoms in total. The van der Waals surface area contributed by atoms with Crippen LogP contribution in [-0.2, 0) is 4.74 Å². The molecule has 0 aliphatic heterocycles. The second-order valence-electron chi connectivity index (χ2n) is 10.00. The molecule has 0 bridgehead atoms. The van der Waals surface area contributed by atoms with Gasteiger partial charge in [0.15, 0.2) is 11.5 Å². The molecule has 0 amide bonds. The number of nitrogens with zero attached hydrogens (tertiary/aromatic N) is 1. The highest BCUT2D eigenvalue weighted by molar-refractivity contribution is 6.31. The van der Waals surface area contributed by atoms with Crippen molar-refractivity contribution >= 4 is 23.3 Å². The number of esters is 1. The zero-order valence-electron chi connectivity index (χ0n) is 21.2. The molecular weight excluding hydrogens is 476 g/mol. The van der Waals surface area contributed by atoms with Gasteiger partial charge in [-0.15, -0.1) is 0 Å². The number of nitrogens with one attached hydrogen (secondary N) is 1. The van der Waals surface area contributed by atoms with Gasteiger partial charge < -0.3 is 19.5 Å². The molecule has 1 unspecified atom stereocenters. The molecule has 3 aromatic rings. The van der Waals surface area contributed by atoms with E-state index in [4.69, 9.17) is 25.8 Å². The van der Waals surface area contributed by atoms with Crippen molar-refractivity contribution in [1.29, 1.82) is 0 Å². The number of aromatic nitrogens is 1. The van der Waals surface area contributed by atoms with E-state index < -0.39 is 5.60 Å². The third-order valence-corrected chi connectivity index (χ3v) is 6.34. The van der Waals surface area contributed by atoms with Gasteiger partial charge in [0.05, 0.1) is 29.8 Å². The number of hydrogen-bond acceptors (Lipinski definition) is 6. The molecule has 36 heavy (non-hydrogen) atoms. The van der Waals surface area contributed by atoms with Crippen molar-refractivity contribution in [2.75, 3.05) is 12.4 Å². The zero-order chi connectivity index (χ0) is 25.7. The highest BCUT2D eigenvalue weighted by Gasteiger charge is 2.24. The first-order valence-electron chi connectivity index (χ1n) is 12.3. The summed E-state index contributed by atoms with van der Waals surface area (Å²) in [4.78, 5) is 17.0. The molecule has 1 heterocycles. The van der Waals surface area contributed by atoms with Gasteiger partial charge in [0, 0.05) is 29.7 Å². The number of benzene rings is 2. The second-order valence-corrected chi connectivity index (χ2v) is 10.4. The van der Waals surface area contributed by atoms with Gasteiger partial charge >= 0.3 is 5.97 Å². The molecule has 7 heteroatoms. The van der Waals surface area contributed by atoms with E-state index in [0.29, 0.717) is 22.1 Å². The van der Waals surface area contributed by atoms with Gasteiger partial charge in [0.2, 0.25) is 0 Å². The Morgan fingerprint density at radius 2 is 1.86 bits per heavy atom. The Morgan fingerprint density at radius 1 is 1.08 bits per heavy atom. The van der Waals surface area contributed by atoms with Crippen molar-refractivity contribution in [1.82, 2.24) is 4.98 Å². The molecule has 0 spiro atoms. The Balaban J connectivity index is 1.70. The maximum absolute atomic E-state index is 12.7. The van der Waals surface area contributed by atoms with E-state index in [1.807, 2.05) is 51.1 Å². The molecule has 2 aromatic carbocycles. The lowest BCUT2D eigenvalue weighted by Gasteiger charge is -2.25. The molecule has 1 aliphatic rings. The highest BCUT2D eigenvalue weighted by atomic mass is 35.5. The van der Waals surface area contributed by atoms with Gasteiger partial charge in [-0.25, -0.2) is 4.79 Å². The summed E-state index contributed by atoms with van der Waals surface area (Å²) in [6.07, 6.45) is 8.10. The Bertz CT molecular complexity index is 1190. The van der Waals surface area contributed by atoms with Crippen LogP contribution in [0.4, 0.5) is 5.69 Å². The van der Waals surface area contributed by atoms with Crippen molar-refractivity contribution in [3.05, 3.63) is 82.6 Å². The largest absolute Gasteiger partial charge is 0.493 e. The minimum Gasteiger partial charge on any atom is -0.493 e. The average Bonchev–Trinajstić information content (AvgIpc) is 3.36. The smallest absolute Gasteiger partial charge is 0.338 e. The van der Waals surface area contributed by atoms with E-state index in [2.05, 4.69) is 10.3 Å². The predicted octanol–water partition coefficient (Wildman–Crippen LogP) is 7.22. The van der Waals surface area contributed by atoms with Crippen molar-refractivity contribution < 1.29 is 19.0 Å². The minimum atomic E-state index is -0.578.